The van der Waals surface area contributed by atoms with E-state index in [1.54, 1.807) is 12.7 Å². The Bertz CT molecular complexity index is 607. The molecule has 0 aliphatic carbocycles. The highest BCUT2D eigenvalue weighted by Gasteiger charge is 2.29. The van der Waals surface area contributed by atoms with Gasteiger partial charge in [0.15, 0.2) is 0 Å². The first-order valence-corrected chi connectivity index (χ1v) is 7.34. The second-order valence-electron chi connectivity index (χ2n) is 6.42. The summed E-state index contributed by atoms with van der Waals surface area (Å²) in [5, 5.41) is 7.64. The smallest absolute Gasteiger partial charge is 0.123 e. The van der Waals surface area contributed by atoms with Gasteiger partial charge in [0.05, 0.1) is 0 Å². The summed E-state index contributed by atoms with van der Waals surface area (Å²) in [6, 6.07) is 6.54. The average Bonchev–Trinajstić information content (AvgIpc) is 3.01. The van der Waals surface area contributed by atoms with Crippen molar-refractivity contribution in [1.82, 2.24) is 19.7 Å². The molecule has 0 atom stereocenters. The van der Waals surface area contributed by atoms with Crippen molar-refractivity contribution in [3.05, 3.63) is 42.0 Å². The first-order chi connectivity index (χ1) is 10.0. The van der Waals surface area contributed by atoms with Gasteiger partial charge in [-0.3, -0.25) is 0 Å². The van der Waals surface area contributed by atoms with Gasteiger partial charge in [-0.15, -0.1) is 10.2 Å². The van der Waals surface area contributed by atoms with E-state index in [1.807, 2.05) is 4.57 Å². The zero-order valence-electron chi connectivity index (χ0n) is 12.9. The average molecular weight is 286 g/mol. The van der Waals surface area contributed by atoms with Crippen molar-refractivity contribution in [2.45, 2.75) is 39.0 Å². The predicted octanol–water partition coefficient (Wildman–Crippen LogP) is 2.12. The van der Waals surface area contributed by atoms with Gasteiger partial charge in [0, 0.05) is 26.1 Å². The molecule has 21 heavy (non-hydrogen) atoms. The van der Waals surface area contributed by atoms with E-state index in [1.165, 1.54) is 11.1 Å². The van der Waals surface area contributed by atoms with Crippen molar-refractivity contribution in [2.24, 2.45) is 0 Å². The number of aromatic nitrogens is 3. The fourth-order valence-corrected chi connectivity index (χ4v) is 2.78. The summed E-state index contributed by atoms with van der Waals surface area (Å²) in [7, 11) is 2.14. The van der Waals surface area contributed by atoms with E-state index in [-0.39, 0.29) is 5.60 Å². The van der Waals surface area contributed by atoms with E-state index in [9.17, 15) is 0 Å². The highest BCUT2D eigenvalue weighted by atomic mass is 16.5. The number of nitrogens with zero attached hydrogens (tertiary/aromatic N) is 4. The van der Waals surface area contributed by atoms with Crippen LogP contribution in [0.5, 0.6) is 5.75 Å². The molecule has 0 radical (unpaired) electrons. The van der Waals surface area contributed by atoms with E-state index in [2.05, 4.69) is 54.2 Å². The highest BCUT2D eigenvalue weighted by Crippen LogP contribution is 2.35. The summed E-state index contributed by atoms with van der Waals surface area (Å²) >= 11 is 0. The number of hydrogen-bond donors (Lipinski definition) is 0. The Labute approximate surface area is 125 Å². The van der Waals surface area contributed by atoms with E-state index >= 15 is 0 Å². The fraction of sp³-hybridized carbons (Fsp3) is 0.500. The molecule has 112 valence electrons. The van der Waals surface area contributed by atoms with Crippen molar-refractivity contribution < 1.29 is 4.74 Å². The molecule has 0 spiro atoms. The Morgan fingerprint density at radius 3 is 2.81 bits per heavy atom. The first kappa shape index (κ1) is 14.1. The van der Waals surface area contributed by atoms with Crippen LogP contribution in [0.25, 0.3) is 0 Å². The summed E-state index contributed by atoms with van der Waals surface area (Å²) in [4.78, 5) is 2.31. The number of rotatable bonds is 5. The standard InChI is InChI=1S/C16H22N4O/c1-16(2)9-14-8-13(4-5-15(14)21-16)10-19(3)6-7-20-11-17-18-12-20/h4-5,8,11-12H,6-7,9-10H2,1-3H3. The topological polar surface area (TPSA) is 43.2 Å². The zero-order valence-corrected chi connectivity index (χ0v) is 12.9. The molecular weight excluding hydrogens is 264 g/mol. The molecule has 0 unspecified atom stereocenters. The number of benzene rings is 1. The summed E-state index contributed by atoms with van der Waals surface area (Å²) in [6.45, 7) is 7.09. The minimum atomic E-state index is -0.0682. The normalized spacial score (nSPS) is 16.0. The lowest BCUT2D eigenvalue weighted by atomic mass is 10.00. The summed E-state index contributed by atoms with van der Waals surface area (Å²) in [5.41, 5.74) is 2.59. The van der Waals surface area contributed by atoms with E-state index in [0.29, 0.717) is 0 Å². The van der Waals surface area contributed by atoms with Crippen LogP contribution in [0.2, 0.25) is 0 Å². The van der Waals surface area contributed by atoms with Crippen molar-refractivity contribution in [2.75, 3.05) is 13.6 Å². The van der Waals surface area contributed by atoms with Crippen LogP contribution in [0, 0.1) is 0 Å². The molecule has 0 N–H and O–H groups in total. The third-order valence-corrected chi connectivity index (χ3v) is 3.79. The first-order valence-electron chi connectivity index (χ1n) is 7.34. The zero-order chi connectivity index (χ0) is 14.9. The van der Waals surface area contributed by atoms with E-state index in [0.717, 1.165) is 31.8 Å². The van der Waals surface area contributed by atoms with Crippen LogP contribution in [0.4, 0.5) is 0 Å². The lowest BCUT2D eigenvalue weighted by molar-refractivity contribution is 0.138. The Hall–Kier alpha value is -1.88. The number of hydrogen-bond acceptors (Lipinski definition) is 4. The van der Waals surface area contributed by atoms with Gasteiger partial charge in [-0.2, -0.15) is 0 Å². The maximum absolute atomic E-state index is 5.92. The molecule has 0 bridgehead atoms. The van der Waals surface area contributed by atoms with Crippen LogP contribution in [-0.2, 0) is 19.5 Å². The Balaban J connectivity index is 1.58. The molecule has 1 aromatic heterocycles. The van der Waals surface area contributed by atoms with Crippen LogP contribution >= 0.6 is 0 Å². The maximum Gasteiger partial charge on any atom is 0.123 e. The Morgan fingerprint density at radius 1 is 1.29 bits per heavy atom. The van der Waals surface area contributed by atoms with Crippen LogP contribution < -0.4 is 4.74 Å². The quantitative estimate of drug-likeness (QED) is 0.844. The summed E-state index contributed by atoms with van der Waals surface area (Å²) in [6.07, 6.45) is 4.49. The molecular formula is C16H22N4O. The van der Waals surface area contributed by atoms with Crippen molar-refractivity contribution >= 4 is 0 Å². The molecule has 1 aliphatic heterocycles. The maximum atomic E-state index is 5.92. The fourth-order valence-electron chi connectivity index (χ4n) is 2.78. The minimum absolute atomic E-state index is 0.0682. The molecule has 2 heterocycles. The summed E-state index contributed by atoms with van der Waals surface area (Å²) < 4.78 is 7.92. The molecule has 1 aliphatic rings. The lowest BCUT2D eigenvalue weighted by Gasteiger charge is -2.17. The van der Waals surface area contributed by atoms with E-state index in [4.69, 9.17) is 4.74 Å². The molecule has 0 amide bonds. The van der Waals surface area contributed by atoms with Gasteiger partial charge in [0.25, 0.3) is 0 Å². The SMILES string of the molecule is CN(CCn1cnnc1)Cc1ccc2c(c1)CC(C)(C)O2. The third-order valence-electron chi connectivity index (χ3n) is 3.79. The Morgan fingerprint density at radius 2 is 2.05 bits per heavy atom. The summed E-state index contributed by atoms with van der Waals surface area (Å²) in [5.74, 6) is 1.04. The molecule has 5 heteroatoms. The van der Waals surface area contributed by atoms with Crippen molar-refractivity contribution in [3.8, 4) is 5.75 Å². The monoisotopic (exact) mass is 286 g/mol. The van der Waals surface area contributed by atoms with Crippen LogP contribution in [0.1, 0.15) is 25.0 Å². The second kappa shape index (κ2) is 5.48. The molecule has 5 nitrogen and oxygen atoms in total. The second-order valence-corrected chi connectivity index (χ2v) is 6.42. The van der Waals surface area contributed by atoms with Crippen molar-refractivity contribution in [1.29, 1.82) is 0 Å². The van der Waals surface area contributed by atoms with Gasteiger partial charge in [-0.25, -0.2) is 0 Å². The van der Waals surface area contributed by atoms with Gasteiger partial charge < -0.3 is 14.2 Å². The number of fused-ring (bicyclic) bond motifs is 1. The minimum Gasteiger partial charge on any atom is -0.487 e. The van der Waals surface area contributed by atoms with Gasteiger partial charge >= 0.3 is 0 Å². The highest BCUT2D eigenvalue weighted by molar-refractivity contribution is 5.41. The van der Waals surface area contributed by atoms with Crippen LogP contribution in [0.15, 0.2) is 30.9 Å². The molecule has 2 aromatic rings. The molecule has 3 rings (SSSR count). The molecule has 0 fully saturated rings. The predicted molar refractivity (Wildman–Crippen MR) is 81.2 cm³/mol. The van der Waals surface area contributed by atoms with Gasteiger partial charge in [0.2, 0.25) is 0 Å². The largest absolute Gasteiger partial charge is 0.487 e. The van der Waals surface area contributed by atoms with Crippen LogP contribution in [-0.4, -0.2) is 38.9 Å². The molecule has 1 aromatic carbocycles. The Kier molecular flexibility index (Phi) is 3.68. The number of ether oxygens (including phenoxy) is 1. The van der Waals surface area contributed by atoms with Crippen molar-refractivity contribution in [3.63, 3.8) is 0 Å². The molecule has 0 saturated heterocycles. The van der Waals surface area contributed by atoms with Crippen LogP contribution in [0.3, 0.4) is 0 Å². The molecule has 0 saturated carbocycles. The number of likely N-dealkylation sites (N-methyl/N-ethyl adjacent to an activating group) is 1. The van der Waals surface area contributed by atoms with E-state index < -0.39 is 0 Å². The van der Waals surface area contributed by atoms with Gasteiger partial charge in [-0.1, -0.05) is 12.1 Å². The van der Waals surface area contributed by atoms with Gasteiger partial charge in [0.1, 0.15) is 24.0 Å². The van der Waals surface area contributed by atoms with Gasteiger partial charge in [-0.05, 0) is 38.1 Å². The lowest BCUT2D eigenvalue weighted by Crippen LogP contribution is -2.24. The third kappa shape index (κ3) is 3.42.